The molecule has 2 atom stereocenters. The maximum atomic E-state index is 13.2. The fourth-order valence-corrected chi connectivity index (χ4v) is 5.50. The molecule has 4 heteroatoms. The predicted molar refractivity (Wildman–Crippen MR) is 105 cm³/mol. The highest BCUT2D eigenvalue weighted by atomic mass is 16.3. The van der Waals surface area contributed by atoms with E-state index in [0.717, 1.165) is 42.9 Å². The summed E-state index contributed by atoms with van der Waals surface area (Å²) in [5, 5.41) is 0. The smallest absolute Gasteiger partial charge is 0.226 e. The Morgan fingerprint density at radius 3 is 2.59 bits per heavy atom. The maximum absolute atomic E-state index is 13.2. The Morgan fingerprint density at radius 1 is 1.11 bits per heavy atom. The van der Waals surface area contributed by atoms with E-state index in [1.807, 2.05) is 23.1 Å². The van der Waals surface area contributed by atoms with E-state index in [1.54, 1.807) is 0 Å². The van der Waals surface area contributed by atoms with Crippen LogP contribution in [0.2, 0.25) is 0 Å². The fraction of sp³-hybridized carbons (Fsp3) is 0.522. The number of carbonyl (C=O) groups excluding carboxylic acids is 1. The molecule has 2 saturated carbocycles. The fourth-order valence-electron chi connectivity index (χ4n) is 5.50. The molecule has 1 aromatic heterocycles. The number of amides is 1. The van der Waals surface area contributed by atoms with Gasteiger partial charge in [-0.2, -0.15) is 0 Å². The Kier molecular flexibility index (Phi) is 4.31. The first-order chi connectivity index (χ1) is 13.2. The van der Waals surface area contributed by atoms with Crippen molar-refractivity contribution in [3.05, 3.63) is 47.7 Å². The van der Waals surface area contributed by atoms with Crippen molar-refractivity contribution in [3.8, 4) is 11.3 Å². The first kappa shape index (κ1) is 17.1. The molecule has 3 aliphatic rings. The van der Waals surface area contributed by atoms with Crippen LogP contribution in [0, 0.1) is 17.8 Å². The second kappa shape index (κ2) is 6.83. The highest BCUT2D eigenvalue weighted by Crippen LogP contribution is 2.43. The average Bonchev–Trinajstić information content (AvgIpc) is 3.11. The Labute approximate surface area is 160 Å². The highest BCUT2D eigenvalue weighted by molar-refractivity contribution is 5.79. The van der Waals surface area contributed by atoms with Crippen LogP contribution in [0.3, 0.4) is 0 Å². The first-order valence-corrected chi connectivity index (χ1v) is 10.4. The van der Waals surface area contributed by atoms with Crippen molar-refractivity contribution in [1.82, 2.24) is 4.90 Å². The molecule has 2 N–H and O–H groups in total. The maximum Gasteiger partial charge on any atom is 0.226 e. The van der Waals surface area contributed by atoms with Gasteiger partial charge in [-0.3, -0.25) is 4.79 Å². The van der Waals surface area contributed by atoms with Gasteiger partial charge in [0.1, 0.15) is 11.5 Å². The summed E-state index contributed by atoms with van der Waals surface area (Å²) in [6.45, 7) is 1.41. The summed E-state index contributed by atoms with van der Waals surface area (Å²) in [6, 6.07) is 12.7. The molecule has 2 unspecified atom stereocenters. The summed E-state index contributed by atoms with van der Waals surface area (Å²) in [5.74, 6) is 3.43. The summed E-state index contributed by atoms with van der Waals surface area (Å²) >= 11 is 0. The molecule has 4 nitrogen and oxygen atoms in total. The summed E-state index contributed by atoms with van der Waals surface area (Å²) in [6.07, 6.45) is 6.52. The number of fused-ring (bicyclic) bond motifs is 3. The minimum Gasteiger partial charge on any atom is -0.459 e. The van der Waals surface area contributed by atoms with E-state index < -0.39 is 0 Å². The molecule has 0 radical (unpaired) electrons. The number of rotatable bonds is 2. The Balaban J connectivity index is 1.31. The number of hydrogen-bond acceptors (Lipinski definition) is 3. The monoisotopic (exact) mass is 364 g/mol. The van der Waals surface area contributed by atoms with Crippen molar-refractivity contribution in [1.29, 1.82) is 0 Å². The van der Waals surface area contributed by atoms with E-state index in [9.17, 15) is 4.79 Å². The van der Waals surface area contributed by atoms with Crippen LogP contribution in [0.5, 0.6) is 0 Å². The summed E-state index contributed by atoms with van der Waals surface area (Å²) in [5.41, 5.74) is 8.75. The minimum atomic E-state index is 0.158. The van der Waals surface area contributed by atoms with Crippen LogP contribution in [0.25, 0.3) is 11.3 Å². The number of benzene rings is 1. The van der Waals surface area contributed by atoms with Gasteiger partial charge >= 0.3 is 0 Å². The molecule has 2 aromatic rings. The Morgan fingerprint density at radius 2 is 1.85 bits per heavy atom. The molecule has 5 rings (SSSR count). The molecule has 1 amide bonds. The first-order valence-electron chi connectivity index (χ1n) is 10.4. The predicted octanol–water partition coefficient (Wildman–Crippen LogP) is 3.98. The van der Waals surface area contributed by atoms with Gasteiger partial charge in [0.25, 0.3) is 0 Å². The van der Waals surface area contributed by atoms with Crippen LogP contribution in [-0.4, -0.2) is 23.4 Å². The summed E-state index contributed by atoms with van der Waals surface area (Å²) < 4.78 is 6.14. The number of carbonyl (C=O) groups is 1. The van der Waals surface area contributed by atoms with Crippen LogP contribution in [0.1, 0.15) is 43.4 Å². The topological polar surface area (TPSA) is 59.5 Å². The second-order valence-electron chi connectivity index (χ2n) is 8.63. The van der Waals surface area contributed by atoms with Crippen LogP contribution in [0.15, 0.2) is 40.8 Å². The zero-order valence-corrected chi connectivity index (χ0v) is 15.8. The normalized spacial score (nSPS) is 30.0. The van der Waals surface area contributed by atoms with E-state index >= 15 is 0 Å². The number of nitrogens with zero attached hydrogens (tertiary/aromatic N) is 1. The third-order valence-corrected chi connectivity index (χ3v) is 7.01. The quantitative estimate of drug-likeness (QED) is 0.877. The van der Waals surface area contributed by atoms with Gasteiger partial charge in [0.2, 0.25) is 5.91 Å². The molecule has 2 fully saturated rings. The SMILES string of the molecule is NC1C2CCCC1CC(C(=O)N1CCc3cc(-c4ccccc4)oc3C1)C2. The standard InChI is InChI=1S/C23H28N2O2/c24-22-17-7-4-8-18(22)12-19(11-17)23(26)25-10-9-16-13-20(27-21(16)14-25)15-5-2-1-3-6-15/h1-3,5-6,13,17-19,22H,4,7-12,14,24H2. The van der Waals surface area contributed by atoms with Gasteiger partial charge in [-0.15, -0.1) is 0 Å². The Bertz CT molecular complexity index is 814. The molecular weight excluding hydrogens is 336 g/mol. The second-order valence-corrected chi connectivity index (χ2v) is 8.63. The van der Waals surface area contributed by atoms with Gasteiger partial charge in [-0.05, 0) is 55.6 Å². The number of hydrogen-bond donors (Lipinski definition) is 1. The van der Waals surface area contributed by atoms with E-state index in [2.05, 4.69) is 18.2 Å². The van der Waals surface area contributed by atoms with Gasteiger partial charge in [-0.1, -0.05) is 36.8 Å². The van der Waals surface area contributed by atoms with Gasteiger partial charge in [-0.25, -0.2) is 0 Å². The molecule has 27 heavy (non-hydrogen) atoms. The number of nitrogens with two attached hydrogens (primary N) is 1. The van der Waals surface area contributed by atoms with Gasteiger partial charge in [0.15, 0.2) is 0 Å². The van der Waals surface area contributed by atoms with Crippen molar-refractivity contribution < 1.29 is 9.21 Å². The molecule has 142 valence electrons. The molecule has 2 bridgehead atoms. The van der Waals surface area contributed by atoms with Crippen molar-refractivity contribution in [2.45, 2.75) is 51.1 Å². The van der Waals surface area contributed by atoms with Crippen LogP contribution in [0.4, 0.5) is 0 Å². The van der Waals surface area contributed by atoms with Crippen LogP contribution < -0.4 is 5.73 Å². The average molecular weight is 364 g/mol. The van der Waals surface area contributed by atoms with Gasteiger partial charge in [0.05, 0.1) is 6.54 Å². The van der Waals surface area contributed by atoms with E-state index in [0.29, 0.717) is 30.3 Å². The molecule has 0 spiro atoms. The highest BCUT2D eigenvalue weighted by Gasteiger charge is 2.42. The molecule has 2 aliphatic carbocycles. The summed E-state index contributed by atoms with van der Waals surface area (Å²) in [7, 11) is 0. The van der Waals surface area contributed by atoms with Crippen molar-refractivity contribution in [2.75, 3.05) is 6.54 Å². The molecule has 2 heterocycles. The molecule has 1 aromatic carbocycles. The summed E-state index contributed by atoms with van der Waals surface area (Å²) in [4.78, 5) is 15.2. The van der Waals surface area contributed by atoms with Crippen LogP contribution >= 0.6 is 0 Å². The van der Waals surface area contributed by atoms with Crippen molar-refractivity contribution in [3.63, 3.8) is 0 Å². The Hall–Kier alpha value is -2.07. The zero-order chi connectivity index (χ0) is 18.4. The van der Waals surface area contributed by atoms with Crippen molar-refractivity contribution in [2.24, 2.45) is 23.5 Å². The third kappa shape index (κ3) is 3.10. The van der Waals surface area contributed by atoms with Crippen LogP contribution in [-0.2, 0) is 17.8 Å². The molecule has 0 saturated heterocycles. The lowest BCUT2D eigenvalue weighted by Gasteiger charge is -2.44. The van der Waals surface area contributed by atoms with Gasteiger partial charge in [0, 0.05) is 24.1 Å². The van der Waals surface area contributed by atoms with Gasteiger partial charge < -0.3 is 15.1 Å². The lowest BCUT2D eigenvalue weighted by Crippen LogP contribution is -2.50. The molecule has 1 aliphatic heterocycles. The third-order valence-electron chi connectivity index (χ3n) is 7.01. The number of furan rings is 1. The largest absolute Gasteiger partial charge is 0.459 e. The lowest BCUT2D eigenvalue weighted by molar-refractivity contribution is -0.139. The zero-order valence-electron chi connectivity index (χ0n) is 15.8. The molecular formula is C23H28N2O2. The minimum absolute atomic E-state index is 0.158. The van der Waals surface area contributed by atoms with E-state index in [1.165, 1.54) is 24.8 Å². The lowest BCUT2D eigenvalue weighted by atomic mass is 9.65. The van der Waals surface area contributed by atoms with E-state index in [4.69, 9.17) is 10.2 Å². The van der Waals surface area contributed by atoms with E-state index in [-0.39, 0.29) is 5.92 Å². The van der Waals surface area contributed by atoms with Crippen molar-refractivity contribution >= 4 is 5.91 Å².